The number of anilines is 1. The van der Waals surface area contributed by atoms with Gasteiger partial charge in [-0.05, 0) is 25.7 Å². The zero-order valence-electron chi connectivity index (χ0n) is 12.9. The van der Waals surface area contributed by atoms with Crippen LogP contribution in [0.15, 0.2) is 6.07 Å². The Balaban J connectivity index is 2.76. The maximum Gasteiger partial charge on any atom is 0.137 e. The topological polar surface area (TPSA) is 37.8 Å². The Hall–Kier alpha value is -0.830. The van der Waals surface area contributed by atoms with Crippen molar-refractivity contribution < 1.29 is 0 Å². The molecule has 1 unspecified atom stereocenters. The lowest BCUT2D eigenvalue weighted by Crippen LogP contribution is -2.20. The number of nitrogens with zero attached hydrogens (tertiary/aromatic N) is 2. The summed E-state index contributed by atoms with van der Waals surface area (Å²) in [6.07, 6.45) is 2.34. The average Bonchev–Trinajstić information content (AvgIpc) is 2.24. The van der Waals surface area contributed by atoms with Crippen molar-refractivity contribution in [3.63, 3.8) is 0 Å². The van der Waals surface area contributed by atoms with Gasteiger partial charge in [-0.3, -0.25) is 0 Å². The molecule has 0 aliphatic carbocycles. The molecule has 0 fully saturated rings. The first-order valence-electron chi connectivity index (χ1n) is 7.00. The Morgan fingerprint density at radius 2 is 1.79 bits per heavy atom. The molecule has 19 heavy (non-hydrogen) atoms. The fraction of sp³-hybridized carbons (Fsp3) is 0.733. The van der Waals surface area contributed by atoms with Crippen molar-refractivity contribution in [1.82, 2.24) is 9.97 Å². The van der Waals surface area contributed by atoms with Crippen LogP contribution in [0.25, 0.3) is 0 Å². The van der Waals surface area contributed by atoms with Gasteiger partial charge in [0.25, 0.3) is 0 Å². The van der Waals surface area contributed by atoms with Crippen LogP contribution in [-0.4, -0.2) is 16.0 Å². The van der Waals surface area contributed by atoms with Gasteiger partial charge >= 0.3 is 0 Å². The van der Waals surface area contributed by atoms with Gasteiger partial charge in [0.15, 0.2) is 0 Å². The fourth-order valence-corrected chi connectivity index (χ4v) is 1.92. The van der Waals surface area contributed by atoms with E-state index in [1.807, 2.05) is 0 Å². The van der Waals surface area contributed by atoms with Crippen molar-refractivity contribution in [3.8, 4) is 0 Å². The molecule has 0 aromatic carbocycles. The molecule has 1 rings (SSSR count). The second-order valence-corrected chi connectivity index (χ2v) is 7.05. The first kappa shape index (κ1) is 16.2. The summed E-state index contributed by atoms with van der Waals surface area (Å²) in [4.78, 5) is 8.87. The summed E-state index contributed by atoms with van der Waals surface area (Å²) >= 11 is 6.08. The minimum Gasteiger partial charge on any atom is -0.367 e. The lowest BCUT2D eigenvalue weighted by atomic mass is 9.96. The summed E-state index contributed by atoms with van der Waals surface area (Å²) < 4.78 is 0. The Morgan fingerprint density at radius 3 is 2.32 bits per heavy atom. The van der Waals surface area contributed by atoms with Gasteiger partial charge in [-0.15, -0.1) is 0 Å². The number of nitrogens with one attached hydrogen (secondary N) is 1. The monoisotopic (exact) mass is 283 g/mol. The maximum atomic E-state index is 6.08. The van der Waals surface area contributed by atoms with Gasteiger partial charge in [0.2, 0.25) is 0 Å². The maximum absolute atomic E-state index is 6.08. The lowest BCUT2D eigenvalue weighted by molar-refractivity contribution is 0.524. The molecule has 0 amide bonds. The first-order chi connectivity index (χ1) is 8.68. The smallest absolute Gasteiger partial charge is 0.137 e. The van der Waals surface area contributed by atoms with Crippen molar-refractivity contribution in [3.05, 3.63) is 17.0 Å². The summed E-state index contributed by atoms with van der Waals surface area (Å²) in [7, 11) is 0. The van der Waals surface area contributed by atoms with Gasteiger partial charge in [-0.25, -0.2) is 9.97 Å². The number of rotatable bonds is 5. The van der Waals surface area contributed by atoms with Crippen molar-refractivity contribution in [1.29, 1.82) is 0 Å². The number of aromatic nitrogens is 2. The molecule has 1 atom stereocenters. The molecule has 108 valence electrons. The number of halogens is 1. The second-order valence-electron chi connectivity index (χ2n) is 6.67. The van der Waals surface area contributed by atoms with E-state index in [1.54, 1.807) is 6.07 Å². The molecule has 0 radical (unpaired) electrons. The molecule has 0 aliphatic rings. The molecular formula is C15H26ClN3. The van der Waals surface area contributed by atoms with E-state index in [9.17, 15) is 0 Å². The van der Waals surface area contributed by atoms with Crippen molar-refractivity contribution in [2.75, 3.05) is 5.32 Å². The Kier molecular flexibility index (Phi) is 5.60. The molecule has 0 saturated carbocycles. The van der Waals surface area contributed by atoms with E-state index in [0.29, 0.717) is 11.2 Å². The van der Waals surface area contributed by atoms with E-state index in [-0.39, 0.29) is 5.41 Å². The van der Waals surface area contributed by atoms with Crippen LogP contribution in [0.1, 0.15) is 60.2 Å². The third kappa shape index (κ3) is 5.77. The van der Waals surface area contributed by atoms with Crippen molar-refractivity contribution in [2.24, 2.45) is 5.92 Å². The van der Waals surface area contributed by atoms with Crippen LogP contribution >= 0.6 is 11.6 Å². The number of hydrogen-bond donors (Lipinski definition) is 1. The van der Waals surface area contributed by atoms with Crippen LogP contribution in [0, 0.1) is 5.92 Å². The van der Waals surface area contributed by atoms with Gasteiger partial charge in [0, 0.05) is 17.5 Å². The molecule has 1 aromatic heterocycles. The zero-order chi connectivity index (χ0) is 14.6. The summed E-state index contributed by atoms with van der Waals surface area (Å²) in [5.41, 5.74) is -0.0947. The largest absolute Gasteiger partial charge is 0.367 e. The van der Waals surface area contributed by atoms with Crippen LogP contribution in [-0.2, 0) is 5.41 Å². The van der Waals surface area contributed by atoms with Gasteiger partial charge in [0.05, 0.1) is 0 Å². The Bertz CT molecular complexity index is 410. The standard InChI is InChI=1S/C15H26ClN3/c1-10(2)7-8-11(3)17-13-9-12(16)18-14(19-13)15(4,5)6/h9-11H,7-8H2,1-6H3,(H,17,18,19). The average molecular weight is 284 g/mol. The predicted octanol–water partition coefficient (Wildman–Crippen LogP) is 4.66. The molecule has 1 N–H and O–H groups in total. The summed E-state index contributed by atoms with van der Waals surface area (Å²) in [5, 5.41) is 3.91. The number of hydrogen-bond acceptors (Lipinski definition) is 3. The third-order valence-electron chi connectivity index (χ3n) is 2.94. The molecule has 3 nitrogen and oxygen atoms in total. The van der Waals surface area contributed by atoms with Crippen LogP contribution in [0.5, 0.6) is 0 Å². The minimum absolute atomic E-state index is 0.0947. The van der Waals surface area contributed by atoms with Crippen LogP contribution in [0.4, 0.5) is 5.82 Å². The predicted molar refractivity (Wildman–Crippen MR) is 82.9 cm³/mol. The molecule has 1 aromatic rings. The molecule has 1 heterocycles. The SMILES string of the molecule is CC(C)CCC(C)Nc1cc(Cl)nc(C(C)(C)C)n1. The van der Waals surface area contributed by atoms with Gasteiger partial charge in [-0.1, -0.05) is 46.2 Å². The Morgan fingerprint density at radius 1 is 1.16 bits per heavy atom. The van der Waals surface area contributed by atoms with E-state index in [1.165, 1.54) is 6.42 Å². The van der Waals surface area contributed by atoms with Crippen molar-refractivity contribution >= 4 is 17.4 Å². The molecule has 0 aliphatic heterocycles. The molecule has 0 bridgehead atoms. The molecular weight excluding hydrogens is 258 g/mol. The summed E-state index contributed by atoms with van der Waals surface area (Å²) in [5.74, 6) is 2.32. The second kappa shape index (κ2) is 6.56. The van der Waals surface area contributed by atoms with E-state index in [0.717, 1.165) is 24.0 Å². The zero-order valence-corrected chi connectivity index (χ0v) is 13.7. The minimum atomic E-state index is -0.0947. The fourth-order valence-electron chi connectivity index (χ4n) is 1.73. The van der Waals surface area contributed by atoms with Crippen LogP contribution in [0.2, 0.25) is 5.15 Å². The van der Waals surface area contributed by atoms with Crippen LogP contribution in [0.3, 0.4) is 0 Å². The lowest BCUT2D eigenvalue weighted by Gasteiger charge is -2.20. The molecule has 4 heteroatoms. The van der Waals surface area contributed by atoms with Crippen molar-refractivity contribution in [2.45, 2.75) is 65.8 Å². The molecule has 0 spiro atoms. The van der Waals surface area contributed by atoms with E-state index in [4.69, 9.17) is 11.6 Å². The van der Waals surface area contributed by atoms with E-state index < -0.39 is 0 Å². The van der Waals surface area contributed by atoms with Crippen LogP contribution < -0.4 is 5.32 Å². The highest BCUT2D eigenvalue weighted by molar-refractivity contribution is 6.29. The quantitative estimate of drug-likeness (QED) is 0.799. The van der Waals surface area contributed by atoms with E-state index >= 15 is 0 Å². The normalized spacial score (nSPS) is 13.7. The van der Waals surface area contributed by atoms with Gasteiger partial charge in [-0.2, -0.15) is 0 Å². The summed E-state index contributed by atoms with van der Waals surface area (Å²) in [6, 6.07) is 2.18. The Labute approximate surface area is 122 Å². The van der Waals surface area contributed by atoms with Gasteiger partial charge in [0.1, 0.15) is 16.8 Å². The van der Waals surface area contributed by atoms with Gasteiger partial charge < -0.3 is 5.32 Å². The highest BCUT2D eigenvalue weighted by Crippen LogP contribution is 2.23. The molecule has 0 saturated heterocycles. The first-order valence-corrected chi connectivity index (χ1v) is 7.38. The van der Waals surface area contributed by atoms with E-state index in [2.05, 4.69) is 56.8 Å². The highest BCUT2D eigenvalue weighted by Gasteiger charge is 2.19. The highest BCUT2D eigenvalue weighted by atomic mass is 35.5. The summed E-state index contributed by atoms with van der Waals surface area (Å²) in [6.45, 7) is 12.9. The third-order valence-corrected chi connectivity index (χ3v) is 3.13.